The van der Waals surface area contributed by atoms with E-state index in [1.54, 1.807) is 0 Å². The van der Waals surface area contributed by atoms with Crippen LogP contribution in [0.4, 0.5) is 0 Å². The zero-order valence-corrected chi connectivity index (χ0v) is 6.80. The van der Waals surface area contributed by atoms with Crippen molar-refractivity contribution in [1.82, 2.24) is 0 Å². The molecule has 0 radical (unpaired) electrons. The molecular formula is C6H7N3O5. The number of rotatable bonds is 2. The first-order valence-corrected chi connectivity index (χ1v) is 2.96. The molecule has 0 amide bonds. The molecule has 76 valence electrons. The second-order valence-electron chi connectivity index (χ2n) is 1.60. The lowest BCUT2D eigenvalue weighted by molar-refractivity contribution is -0.134. The van der Waals surface area contributed by atoms with Crippen LogP contribution < -0.4 is 5.73 Å². The fourth-order valence-corrected chi connectivity index (χ4v) is 0.192. The molecule has 8 heteroatoms. The number of aliphatic carboxylic acids is 2. The van der Waals surface area contributed by atoms with Gasteiger partial charge in [-0.25, -0.2) is 14.4 Å². The first-order valence-electron chi connectivity index (χ1n) is 2.96. The lowest BCUT2D eigenvalue weighted by atomic mass is 10.5. The van der Waals surface area contributed by atoms with Crippen LogP contribution in [0.3, 0.4) is 0 Å². The van der Waals surface area contributed by atoms with Gasteiger partial charge in [-0.3, -0.25) is 5.41 Å². The number of nitrogens with two attached hydrogens (primary N) is 1. The van der Waals surface area contributed by atoms with Crippen LogP contribution in [0.5, 0.6) is 0 Å². The fraction of sp³-hybridized carbons (Fsp3) is 0. The van der Waals surface area contributed by atoms with Gasteiger partial charge in [0.2, 0.25) is 12.0 Å². The minimum atomic E-state index is -1.26. The summed E-state index contributed by atoms with van der Waals surface area (Å²) >= 11 is 0. The van der Waals surface area contributed by atoms with Gasteiger partial charge in [-0.15, -0.1) is 4.99 Å². The minimum absolute atomic E-state index is 0.509. The van der Waals surface area contributed by atoms with Crippen molar-refractivity contribution in [2.75, 3.05) is 0 Å². The number of hydrogen-bond donors (Lipinski definition) is 4. The molecule has 0 aromatic heterocycles. The number of carboxylic acid groups (broad SMARTS) is 2. The largest absolute Gasteiger partial charge is 0.478 e. The van der Waals surface area contributed by atoms with Gasteiger partial charge in [0.05, 0.1) is 0 Å². The third-order valence-corrected chi connectivity index (χ3v) is 0.535. The Balaban J connectivity index is 0. The summed E-state index contributed by atoms with van der Waals surface area (Å²) in [6.07, 6.45) is 2.21. The molecule has 0 aliphatic carbocycles. The van der Waals surface area contributed by atoms with E-state index in [2.05, 4.69) is 10.7 Å². The Kier molecular flexibility index (Phi) is 8.67. The highest BCUT2D eigenvalue weighted by atomic mass is 16.4. The molecule has 0 rings (SSSR count). The van der Waals surface area contributed by atoms with Gasteiger partial charge in [0.25, 0.3) is 0 Å². The van der Waals surface area contributed by atoms with Gasteiger partial charge in [0.15, 0.2) is 0 Å². The van der Waals surface area contributed by atoms with Crippen LogP contribution in [-0.4, -0.2) is 34.2 Å². The Bertz CT molecular complexity index is 287. The molecule has 0 bridgehead atoms. The Hall–Kier alpha value is -2.47. The van der Waals surface area contributed by atoms with E-state index in [1.807, 2.05) is 0 Å². The number of carbonyl (C=O) groups excluding carboxylic acids is 1. The Morgan fingerprint density at radius 1 is 1.29 bits per heavy atom. The summed E-state index contributed by atoms with van der Waals surface area (Å²) in [6.45, 7) is 0. The van der Waals surface area contributed by atoms with Crippen LogP contribution in [0.1, 0.15) is 0 Å². The highest BCUT2D eigenvalue weighted by Crippen LogP contribution is 1.70. The van der Waals surface area contributed by atoms with Crippen molar-refractivity contribution >= 4 is 24.0 Å². The second-order valence-corrected chi connectivity index (χ2v) is 1.60. The van der Waals surface area contributed by atoms with Crippen molar-refractivity contribution in [3.8, 4) is 0 Å². The summed E-state index contributed by atoms with van der Waals surface area (Å²) in [4.78, 5) is 30.9. The van der Waals surface area contributed by atoms with Crippen LogP contribution in [0.25, 0.3) is 0 Å². The van der Waals surface area contributed by atoms with Gasteiger partial charge in [-0.05, 0) is 0 Å². The molecule has 0 aliphatic heterocycles. The molecule has 0 heterocycles. The number of nitrogens with one attached hydrogen (secondary N) is 1. The monoisotopic (exact) mass is 201 g/mol. The molecule has 0 spiro atoms. The lowest BCUT2D eigenvalue weighted by Gasteiger charge is -1.74. The van der Waals surface area contributed by atoms with Gasteiger partial charge in [0.1, 0.15) is 0 Å². The van der Waals surface area contributed by atoms with E-state index >= 15 is 0 Å². The van der Waals surface area contributed by atoms with E-state index in [1.165, 1.54) is 0 Å². The van der Waals surface area contributed by atoms with Crippen LogP contribution in [0.2, 0.25) is 0 Å². The van der Waals surface area contributed by atoms with Crippen molar-refractivity contribution in [3.63, 3.8) is 0 Å². The summed E-state index contributed by atoms with van der Waals surface area (Å²) in [5.41, 5.74) is 4.56. The molecule has 8 nitrogen and oxygen atoms in total. The first-order chi connectivity index (χ1) is 6.40. The highest BCUT2D eigenvalue weighted by molar-refractivity contribution is 5.89. The standard InChI is InChI=1S/C4H4O4.C2H3N3O/c5-3(6)1-2-4(7)8;3-2(4)5-1-6/h1-2H,(H,5,6)(H,7,8);(H3,3,4)/b2-1-;. The Labute approximate surface area is 77.9 Å². The number of isocyanates is 1. The molecule has 0 aromatic carbocycles. The van der Waals surface area contributed by atoms with E-state index in [4.69, 9.17) is 20.4 Å². The number of nitrogens with zero attached hydrogens (tertiary/aromatic N) is 1. The van der Waals surface area contributed by atoms with Gasteiger partial charge in [-0.2, -0.15) is 0 Å². The number of carboxylic acids is 2. The van der Waals surface area contributed by atoms with Gasteiger partial charge in [0, 0.05) is 12.2 Å². The average molecular weight is 201 g/mol. The minimum Gasteiger partial charge on any atom is -0.478 e. The summed E-state index contributed by atoms with van der Waals surface area (Å²) < 4.78 is 0. The Morgan fingerprint density at radius 3 is 1.71 bits per heavy atom. The maximum atomic E-state index is 9.55. The van der Waals surface area contributed by atoms with Crippen LogP contribution in [0, 0.1) is 5.41 Å². The zero-order valence-electron chi connectivity index (χ0n) is 6.80. The molecule has 0 saturated carbocycles. The molecular weight excluding hydrogens is 194 g/mol. The molecule has 0 unspecified atom stereocenters. The van der Waals surface area contributed by atoms with E-state index in [0.717, 1.165) is 6.08 Å². The molecule has 0 fully saturated rings. The number of guanidine groups is 1. The van der Waals surface area contributed by atoms with Crippen molar-refractivity contribution in [2.45, 2.75) is 0 Å². The van der Waals surface area contributed by atoms with E-state index in [9.17, 15) is 9.59 Å². The van der Waals surface area contributed by atoms with Crippen LogP contribution >= 0.6 is 0 Å². The van der Waals surface area contributed by atoms with Crippen molar-refractivity contribution in [1.29, 1.82) is 5.41 Å². The number of hydrogen-bond acceptors (Lipinski definition) is 4. The normalized spacial score (nSPS) is 8.00. The SMILES string of the molecule is N=C(N)N=C=O.O=C(O)/C=C\C(=O)O. The highest BCUT2D eigenvalue weighted by Gasteiger charge is 1.88. The first kappa shape index (κ1) is 14.1. The molecule has 0 aromatic rings. The number of aliphatic imine (C=N–C) groups is 1. The predicted octanol–water partition coefficient (Wildman–Crippen LogP) is -1.07. The average Bonchev–Trinajstić information content (AvgIpc) is 2.01. The van der Waals surface area contributed by atoms with Crippen molar-refractivity contribution in [3.05, 3.63) is 12.2 Å². The molecule has 0 aliphatic rings. The summed E-state index contributed by atoms with van der Waals surface area (Å²) in [7, 11) is 0. The molecule has 0 atom stereocenters. The lowest BCUT2D eigenvalue weighted by Crippen LogP contribution is -2.03. The van der Waals surface area contributed by atoms with Gasteiger partial charge in [-0.1, -0.05) is 0 Å². The van der Waals surface area contributed by atoms with E-state index in [-0.39, 0.29) is 0 Å². The van der Waals surface area contributed by atoms with Crippen LogP contribution in [-0.2, 0) is 14.4 Å². The molecule has 0 saturated heterocycles. The maximum Gasteiger partial charge on any atom is 0.328 e. The van der Waals surface area contributed by atoms with Gasteiger partial charge < -0.3 is 15.9 Å². The predicted molar refractivity (Wildman–Crippen MR) is 44.4 cm³/mol. The zero-order chi connectivity index (χ0) is 11.6. The summed E-state index contributed by atoms with van der Waals surface area (Å²) in [6, 6.07) is 0. The smallest absolute Gasteiger partial charge is 0.328 e. The maximum absolute atomic E-state index is 9.55. The fourth-order valence-electron chi connectivity index (χ4n) is 0.192. The van der Waals surface area contributed by atoms with Crippen molar-refractivity contribution < 1.29 is 24.6 Å². The quantitative estimate of drug-likeness (QED) is 0.193. The third kappa shape index (κ3) is 22.7. The number of carbonyl (C=O) groups is 2. The Morgan fingerprint density at radius 2 is 1.64 bits per heavy atom. The van der Waals surface area contributed by atoms with E-state index in [0.29, 0.717) is 12.2 Å². The van der Waals surface area contributed by atoms with Crippen molar-refractivity contribution in [2.24, 2.45) is 10.7 Å². The van der Waals surface area contributed by atoms with Crippen LogP contribution in [0.15, 0.2) is 17.1 Å². The third-order valence-electron chi connectivity index (χ3n) is 0.535. The van der Waals surface area contributed by atoms with Gasteiger partial charge >= 0.3 is 11.9 Å². The molecule has 5 N–H and O–H groups in total. The topological polar surface area (TPSA) is 154 Å². The summed E-state index contributed by atoms with van der Waals surface area (Å²) in [5.74, 6) is -3.02. The molecule has 14 heavy (non-hydrogen) atoms. The summed E-state index contributed by atoms with van der Waals surface area (Å²) in [5, 5.41) is 21.9. The van der Waals surface area contributed by atoms with E-state index < -0.39 is 17.9 Å². The second kappa shape index (κ2) is 8.62.